The summed E-state index contributed by atoms with van der Waals surface area (Å²) in [5.41, 5.74) is -1.59. The van der Waals surface area contributed by atoms with E-state index in [2.05, 4.69) is 10.1 Å². The van der Waals surface area contributed by atoms with Crippen LogP contribution in [0.2, 0.25) is 0 Å². The van der Waals surface area contributed by atoms with Gasteiger partial charge in [-0.3, -0.25) is 4.79 Å². The molecule has 0 saturated carbocycles. The predicted molar refractivity (Wildman–Crippen MR) is 72.7 cm³/mol. The summed E-state index contributed by atoms with van der Waals surface area (Å²) < 4.78 is 21.3. The Labute approximate surface area is 123 Å². The molecule has 2 rings (SSSR count). The molecule has 0 atom stereocenters. The van der Waals surface area contributed by atoms with Crippen LogP contribution in [0.1, 0.15) is 45.3 Å². The molecule has 0 radical (unpaired) electrons. The fourth-order valence-electron chi connectivity index (χ4n) is 2.28. The van der Waals surface area contributed by atoms with Crippen LogP contribution in [0.4, 0.5) is 0 Å². The van der Waals surface area contributed by atoms with Crippen LogP contribution in [0.3, 0.4) is 0 Å². The zero-order chi connectivity index (χ0) is 15.5. The molecule has 1 aromatic rings. The number of carbonyl (C=O) groups excluding carboxylic acids is 1. The van der Waals surface area contributed by atoms with E-state index in [-0.39, 0.29) is 5.89 Å². The van der Waals surface area contributed by atoms with Crippen LogP contribution < -0.4 is 0 Å². The maximum atomic E-state index is 12.0. The van der Waals surface area contributed by atoms with Crippen LogP contribution in [0.5, 0.6) is 0 Å². The maximum Gasteiger partial charge on any atom is 0.321 e. The molecular formula is C14H22N2O5. The molecule has 1 aliphatic rings. The smallest absolute Gasteiger partial charge is 0.321 e. The molecule has 1 saturated heterocycles. The van der Waals surface area contributed by atoms with E-state index < -0.39 is 17.0 Å². The number of ether oxygens (including phenoxy) is 3. The minimum Gasteiger partial charge on any atom is -0.465 e. The Kier molecular flexibility index (Phi) is 4.63. The van der Waals surface area contributed by atoms with Crippen molar-refractivity contribution in [3.05, 3.63) is 11.7 Å². The largest absolute Gasteiger partial charge is 0.465 e. The van der Waals surface area contributed by atoms with Gasteiger partial charge in [0.25, 0.3) is 0 Å². The van der Waals surface area contributed by atoms with Crippen LogP contribution in [0.15, 0.2) is 4.52 Å². The van der Waals surface area contributed by atoms with Crippen molar-refractivity contribution >= 4 is 5.97 Å². The molecule has 118 valence electrons. The van der Waals surface area contributed by atoms with Crippen molar-refractivity contribution < 1.29 is 23.5 Å². The summed E-state index contributed by atoms with van der Waals surface area (Å²) in [6.45, 7) is 6.63. The van der Waals surface area contributed by atoms with Gasteiger partial charge in [-0.05, 0) is 20.8 Å². The highest BCUT2D eigenvalue weighted by molar-refractivity contribution is 5.80. The van der Waals surface area contributed by atoms with Crippen LogP contribution in [0, 0.1) is 0 Å². The number of hydrogen-bond donors (Lipinski definition) is 0. The highest BCUT2D eigenvalue weighted by Gasteiger charge is 2.43. The molecule has 1 aromatic heterocycles. The average molecular weight is 298 g/mol. The number of aromatic nitrogens is 2. The second-order valence-corrected chi connectivity index (χ2v) is 5.58. The predicted octanol–water partition coefficient (Wildman–Crippen LogP) is 1.56. The second-order valence-electron chi connectivity index (χ2n) is 5.58. The monoisotopic (exact) mass is 298 g/mol. The lowest BCUT2D eigenvalue weighted by Gasteiger charge is -2.32. The van der Waals surface area contributed by atoms with E-state index in [9.17, 15) is 4.79 Å². The van der Waals surface area contributed by atoms with E-state index >= 15 is 0 Å². The molecule has 2 heterocycles. The Morgan fingerprint density at radius 3 is 2.62 bits per heavy atom. The van der Waals surface area contributed by atoms with Gasteiger partial charge in [0.2, 0.25) is 11.7 Å². The summed E-state index contributed by atoms with van der Waals surface area (Å²) >= 11 is 0. The van der Waals surface area contributed by atoms with Crippen molar-refractivity contribution in [3.8, 4) is 0 Å². The number of carbonyl (C=O) groups is 1. The van der Waals surface area contributed by atoms with Gasteiger partial charge in [-0.2, -0.15) is 4.98 Å². The maximum absolute atomic E-state index is 12.0. The third kappa shape index (κ3) is 2.94. The summed E-state index contributed by atoms with van der Waals surface area (Å²) in [4.78, 5) is 16.4. The third-order valence-electron chi connectivity index (χ3n) is 3.85. The molecule has 0 amide bonds. The molecule has 1 fully saturated rings. The first-order valence-corrected chi connectivity index (χ1v) is 7.11. The van der Waals surface area contributed by atoms with Crippen molar-refractivity contribution in [2.24, 2.45) is 0 Å². The first-order chi connectivity index (χ1) is 9.96. The Morgan fingerprint density at radius 1 is 1.38 bits per heavy atom. The molecule has 1 aliphatic heterocycles. The highest BCUT2D eigenvalue weighted by Crippen LogP contribution is 2.35. The van der Waals surface area contributed by atoms with Crippen molar-refractivity contribution in [3.63, 3.8) is 0 Å². The van der Waals surface area contributed by atoms with Crippen LogP contribution in [0.25, 0.3) is 0 Å². The quantitative estimate of drug-likeness (QED) is 0.763. The summed E-state index contributed by atoms with van der Waals surface area (Å²) in [6, 6.07) is 0. The van der Waals surface area contributed by atoms with Gasteiger partial charge in [-0.25, -0.2) is 0 Å². The molecule has 0 spiro atoms. The van der Waals surface area contributed by atoms with E-state index in [4.69, 9.17) is 18.7 Å². The molecular weight excluding hydrogens is 276 g/mol. The molecule has 7 heteroatoms. The zero-order valence-corrected chi connectivity index (χ0v) is 13.0. The van der Waals surface area contributed by atoms with Gasteiger partial charge in [0, 0.05) is 33.2 Å². The van der Waals surface area contributed by atoms with Gasteiger partial charge >= 0.3 is 5.97 Å². The van der Waals surface area contributed by atoms with E-state index in [0.717, 1.165) is 0 Å². The van der Waals surface area contributed by atoms with E-state index in [1.165, 1.54) is 0 Å². The number of rotatable bonds is 5. The normalized spacial score (nSPS) is 18.5. The standard InChI is InChI=1S/C14H22N2O5/c1-5-20-12(17)13(2,3)11-15-10(16-21-11)14(18-4)6-8-19-9-7-14/h5-9H2,1-4H3. The van der Waals surface area contributed by atoms with Crippen LogP contribution in [-0.2, 0) is 30.0 Å². The molecule has 0 N–H and O–H groups in total. The summed E-state index contributed by atoms with van der Waals surface area (Å²) in [6.07, 6.45) is 1.31. The Morgan fingerprint density at radius 2 is 2.05 bits per heavy atom. The molecule has 0 bridgehead atoms. The highest BCUT2D eigenvalue weighted by atomic mass is 16.5. The SMILES string of the molecule is CCOC(=O)C(C)(C)c1nc(C2(OC)CCOCC2)no1. The minimum atomic E-state index is -0.985. The van der Waals surface area contributed by atoms with E-state index in [1.807, 2.05) is 0 Å². The summed E-state index contributed by atoms with van der Waals surface area (Å²) in [5.74, 6) is 0.304. The molecule has 0 aromatic carbocycles. The fourth-order valence-corrected chi connectivity index (χ4v) is 2.28. The number of methoxy groups -OCH3 is 1. The third-order valence-corrected chi connectivity index (χ3v) is 3.85. The first kappa shape index (κ1) is 15.9. The Hall–Kier alpha value is -1.47. The van der Waals surface area contributed by atoms with Gasteiger partial charge in [-0.15, -0.1) is 0 Å². The molecule has 0 aliphatic carbocycles. The molecule has 0 unspecified atom stereocenters. The summed E-state index contributed by atoms with van der Waals surface area (Å²) in [7, 11) is 1.62. The molecule has 21 heavy (non-hydrogen) atoms. The van der Waals surface area contributed by atoms with Gasteiger partial charge in [-0.1, -0.05) is 5.16 Å². The minimum absolute atomic E-state index is 0.235. The zero-order valence-electron chi connectivity index (χ0n) is 13.0. The van der Waals surface area contributed by atoms with Gasteiger partial charge < -0.3 is 18.7 Å². The first-order valence-electron chi connectivity index (χ1n) is 7.11. The lowest BCUT2D eigenvalue weighted by Crippen LogP contribution is -2.37. The van der Waals surface area contributed by atoms with Crippen LogP contribution >= 0.6 is 0 Å². The van der Waals surface area contributed by atoms with Crippen molar-refractivity contribution in [1.82, 2.24) is 10.1 Å². The topological polar surface area (TPSA) is 83.7 Å². The number of nitrogens with zero attached hydrogens (tertiary/aromatic N) is 2. The van der Waals surface area contributed by atoms with Crippen LogP contribution in [-0.4, -0.2) is 43.0 Å². The average Bonchev–Trinajstić information content (AvgIpc) is 2.99. The van der Waals surface area contributed by atoms with Crippen molar-refractivity contribution in [1.29, 1.82) is 0 Å². The second kappa shape index (κ2) is 6.11. The Balaban J connectivity index is 2.26. The van der Waals surface area contributed by atoms with Gasteiger partial charge in [0.1, 0.15) is 11.0 Å². The fraction of sp³-hybridized carbons (Fsp3) is 0.786. The lowest BCUT2D eigenvalue weighted by molar-refractivity contribution is -0.149. The van der Waals surface area contributed by atoms with Crippen molar-refractivity contribution in [2.75, 3.05) is 26.9 Å². The number of hydrogen-bond acceptors (Lipinski definition) is 7. The number of esters is 1. The Bertz CT molecular complexity index is 491. The van der Waals surface area contributed by atoms with Crippen molar-refractivity contribution in [2.45, 2.75) is 44.6 Å². The van der Waals surface area contributed by atoms with E-state index in [1.54, 1.807) is 27.9 Å². The van der Waals surface area contributed by atoms with Gasteiger partial charge in [0.05, 0.1) is 6.61 Å². The summed E-state index contributed by atoms with van der Waals surface area (Å²) in [5, 5.41) is 4.02. The van der Waals surface area contributed by atoms with E-state index in [0.29, 0.717) is 38.5 Å². The van der Waals surface area contributed by atoms with Gasteiger partial charge in [0.15, 0.2) is 0 Å². The molecule has 7 nitrogen and oxygen atoms in total. The lowest BCUT2D eigenvalue weighted by atomic mass is 9.92.